The van der Waals surface area contributed by atoms with Gasteiger partial charge >= 0.3 is 0 Å². The monoisotopic (exact) mass is 482 g/mol. The average Bonchev–Trinajstić information content (AvgIpc) is 2.78. The zero-order chi connectivity index (χ0) is 25.7. The first-order valence-electron chi connectivity index (χ1n) is 12.4. The molecule has 3 heterocycles. The SMILES string of the molecule is CC(=O)C[C@@H](NC(=O)C(CC(C)C)n1ccc(C)cc1=O)c1cnc(C)c(N2CCOC[C@@H]2C)c1. The lowest BCUT2D eigenvalue weighted by molar-refractivity contribution is -0.126. The number of aryl methyl sites for hydroxylation is 2. The number of carbonyl (C=O) groups excluding carboxylic acids is 2. The van der Waals surface area contributed by atoms with Crippen molar-refractivity contribution in [3.63, 3.8) is 0 Å². The summed E-state index contributed by atoms with van der Waals surface area (Å²) < 4.78 is 7.07. The zero-order valence-electron chi connectivity index (χ0n) is 21.7. The molecule has 3 atom stereocenters. The maximum Gasteiger partial charge on any atom is 0.251 e. The lowest BCUT2D eigenvalue weighted by Gasteiger charge is -2.36. The van der Waals surface area contributed by atoms with Crippen LogP contribution >= 0.6 is 0 Å². The summed E-state index contributed by atoms with van der Waals surface area (Å²) in [5, 5.41) is 3.07. The summed E-state index contributed by atoms with van der Waals surface area (Å²) in [5.74, 6) is -0.122. The minimum absolute atomic E-state index is 0.0370. The average molecular weight is 483 g/mol. The van der Waals surface area contributed by atoms with E-state index in [0.29, 0.717) is 19.6 Å². The number of hydrogen-bond donors (Lipinski definition) is 1. The van der Waals surface area contributed by atoms with Crippen LogP contribution in [0.15, 0.2) is 35.4 Å². The summed E-state index contributed by atoms with van der Waals surface area (Å²) in [7, 11) is 0. The molecule has 0 aromatic carbocycles. The maximum absolute atomic E-state index is 13.6. The number of hydrogen-bond acceptors (Lipinski definition) is 6. The Hall–Kier alpha value is -3.00. The number of nitrogens with zero attached hydrogens (tertiary/aromatic N) is 3. The Morgan fingerprint density at radius 2 is 2.00 bits per heavy atom. The van der Waals surface area contributed by atoms with Gasteiger partial charge in [-0.25, -0.2) is 0 Å². The largest absolute Gasteiger partial charge is 0.377 e. The van der Waals surface area contributed by atoms with Crippen LogP contribution in [0.25, 0.3) is 0 Å². The van der Waals surface area contributed by atoms with Gasteiger partial charge in [0.15, 0.2) is 0 Å². The highest BCUT2D eigenvalue weighted by Gasteiger charge is 2.28. The van der Waals surface area contributed by atoms with Gasteiger partial charge in [-0.1, -0.05) is 13.8 Å². The van der Waals surface area contributed by atoms with Crippen molar-refractivity contribution < 1.29 is 14.3 Å². The molecule has 8 nitrogen and oxygen atoms in total. The molecule has 0 spiro atoms. The van der Waals surface area contributed by atoms with Crippen LogP contribution in [0.2, 0.25) is 0 Å². The van der Waals surface area contributed by atoms with Crippen LogP contribution in [0.4, 0.5) is 5.69 Å². The molecule has 0 saturated carbocycles. The van der Waals surface area contributed by atoms with Gasteiger partial charge < -0.3 is 19.5 Å². The first-order chi connectivity index (χ1) is 16.6. The van der Waals surface area contributed by atoms with E-state index >= 15 is 0 Å². The van der Waals surface area contributed by atoms with E-state index in [4.69, 9.17) is 4.74 Å². The third-order valence-corrected chi connectivity index (χ3v) is 6.41. The van der Waals surface area contributed by atoms with Crippen LogP contribution in [0.3, 0.4) is 0 Å². The van der Waals surface area contributed by atoms with Gasteiger partial charge in [0.1, 0.15) is 11.8 Å². The number of morpholine rings is 1. The topological polar surface area (TPSA) is 93.5 Å². The predicted octanol–water partition coefficient (Wildman–Crippen LogP) is 3.51. The van der Waals surface area contributed by atoms with Crippen molar-refractivity contribution in [3.05, 3.63) is 57.8 Å². The second-order valence-electron chi connectivity index (χ2n) is 10.1. The Labute approximate surface area is 207 Å². The molecule has 0 aliphatic carbocycles. The Bertz CT molecular complexity index is 1110. The van der Waals surface area contributed by atoms with Gasteiger partial charge in [-0.3, -0.25) is 19.4 Å². The molecule has 1 amide bonds. The van der Waals surface area contributed by atoms with Gasteiger partial charge in [-0.15, -0.1) is 0 Å². The summed E-state index contributed by atoms with van der Waals surface area (Å²) in [5.41, 5.74) is 3.27. The number of anilines is 1. The molecule has 1 aliphatic heterocycles. The summed E-state index contributed by atoms with van der Waals surface area (Å²) in [6.45, 7) is 13.5. The fourth-order valence-electron chi connectivity index (χ4n) is 4.55. The summed E-state index contributed by atoms with van der Waals surface area (Å²) in [4.78, 5) is 45.3. The molecule has 8 heteroatoms. The molecule has 2 aromatic rings. The normalized spacial score (nSPS) is 17.8. The van der Waals surface area contributed by atoms with Crippen molar-refractivity contribution in [2.45, 2.75) is 72.5 Å². The smallest absolute Gasteiger partial charge is 0.251 e. The fraction of sp³-hybridized carbons (Fsp3) is 0.556. The number of carbonyl (C=O) groups is 2. The van der Waals surface area contributed by atoms with E-state index in [2.05, 4.69) is 22.1 Å². The van der Waals surface area contributed by atoms with Crippen molar-refractivity contribution in [1.29, 1.82) is 0 Å². The van der Waals surface area contributed by atoms with Gasteiger partial charge in [-0.2, -0.15) is 0 Å². The number of ketones is 1. The van der Waals surface area contributed by atoms with Gasteiger partial charge in [0.2, 0.25) is 5.91 Å². The minimum Gasteiger partial charge on any atom is -0.377 e. The molecule has 35 heavy (non-hydrogen) atoms. The number of rotatable bonds is 9. The molecular formula is C27H38N4O4. The highest BCUT2D eigenvalue weighted by atomic mass is 16.5. The molecule has 2 aromatic heterocycles. The zero-order valence-corrected chi connectivity index (χ0v) is 21.7. The summed E-state index contributed by atoms with van der Waals surface area (Å²) >= 11 is 0. The first kappa shape index (κ1) is 26.6. The molecule has 3 rings (SSSR count). The van der Waals surface area contributed by atoms with Crippen molar-refractivity contribution >= 4 is 17.4 Å². The van der Waals surface area contributed by atoms with E-state index in [1.54, 1.807) is 12.4 Å². The lowest BCUT2D eigenvalue weighted by Crippen LogP contribution is -2.44. The Balaban J connectivity index is 1.94. The van der Waals surface area contributed by atoms with E-state index in [9.17, 15) is 14.4 Å². The first-order valence-corrected chi connectivity index (χ1v) is 12.4. The fourth-order valence-corrected chi connectivity index (χ4v) is 4.55. The third-order valence-electron chi connectivity index (χ3n) is 6.41. The predicted molar refractivity (Wildman–Crippen MR) is 137 cm³/mol. The van der Waals surface area contributed by atoms with Crippen LogP contribution in [0, 0.1) is 19.8 Å². The Kier molecular flexibility index (Phi) is 8.83. The van der Waals surface area contributed by atoms with Crippen LogP contribution in [0.5, 0.6) is 0 Å². The van der Waals surface area contributed by atoms with Crippen LogP contribution in [0.1, 0.15) is 69.4 Å². The van der Waals surface area contributed by atoms with E-state index in [-0.39, 0.29) is 35.6 Å². The molecule has 0 radical (unpaired) electrons. The molecule has 1 unspecified atom stereocenters. The second-order valence-corrected chi connectivity index (χ2v) is 10.1. The van der Waals surface area contributed by atoms with E-state index in [1.807, 2.05) is 39.8 Å². The summed E-state index contributed by atoms with van der Waals surface area (Å²) in [6.07, 6.45) is 4.05. The van der Waals surface area contributed by atoms with E-state index in [0.717, 1.165) is 29.1 Å². The molecule has 0 bridgehead atoms. The second kappa shape index (κ2) is 11.6. The van der Waals surface area contributed by atoms with Crippen molar-refractivity contribution in [3.8, 4) is 0 Å². The molecule has 190 valence electrons. The van der Waals surface area contributed by atoms with E-state index in [1.165, 1.54) is 17.6 Å². The van der Waals surface area contributed by atoms with Crippen LogP contribution < -0.4 is 15.8 Å². The quantitative estimate of drug-likeness (QED) is 0.588. The van der Waals surface area contributed by atoms with Gasteiger partial charge in [0.05, 0.1) is 30.6 Å². The van der Waals surface area contributed by atoms with Crippen molar-refractivity contribution in [2.75, 3.05) is 24.7 Å². The number of amides is 1. The van der Waals surface area contributed by atoms with E-state index < -0.39 is 12.1 Å². The molecule has 1 saturated heterocycles. The number of ether oxygens (including phenoxy) is 1. The molecule has 1 aliphatic rings. The van der Waals surface area contributed by atoms with Gasteiger partial charge in [0.25, 0.3) is 5.56 Å². The Morgan fingerprint density at radius 3 is 2.63 bits per heavy atom. The third kappa shape index (κ3) is 6.78. The molecular weight excluding hydrogens is 444 g/mol. The van der Waals surface area contributed by atoms with Crippen molar-refractivity contribution in [1.82, 2.24) is 14.9 Å². The van der Waals surface area contributed by atoms with Crippen LogP contribution in [-0.2, 0) is 14.3 Å². The number of pyridine rings is 2. The maximum atomic E-state index is 13.6. The molecule has 1 N–H and O–H groups in total. The number of aromatic nitrogens is 2. The summed E-state index contributed by atoms with van der Waals surface area (Å²) in [6, 6.07) is 4.37. The van der Waals surface area contributed by atoms with Gasteiger partial charge in [0, 0.05) is 37.5 Å². The highest BCUT2D eigenvalue weighted by molar-refractivity contribution is 5.82. The van der Waals surface area contributed by atoms with Gasteiger partial charge in [-0.05, 0) is 63.3 Å². The lowest BCUT2D eigenvalue weighted by atomic mass is 9.99. The molecule has 1 fully saturated rings. The van der Waals surface area contributed by atoms with Crippen molar-refractivity contribution in [2.24, 2.45) is 5.92 Å². The standard InChI is InChI=1S/C27H38N4O4/c1-17(2)11-25(31-8-7-18(3)12-26(31)33)27(34)29-23(13-20(5)32)22-14-24(21(6)28-15-22)30-9-10-35-16-19(30)4/h7-8,12,14-15,17,19,23,25H,9-11,13,16H2,1-6H3,(H,29,34)/t19-,23+,25?/m0/s1. The number of nitrogens with one attached hydrogen (secondary N) is 1. The van der Waals surface area contributed by atoms with Crippen LogP contribution in [-0.4, -0.2) is 47.0 Å². The Morgan fingerprint density at radius 1 is 1.26 bits per heavy atom. The number of Topliss-reactive ketones (excluding diaryl/α,β-unsaturated/α-hetero) is 1. The highest BCUT2D eigenvalue weighted by Crippen LogP contribution is 2.28. The minimum atomic E-state index is -0.672.